The van der Waals surface area contributed by atoms with Crippen molar-refractivity contribution in [1.29, 1.82) is 0 Å². The molecule has 1 aromatic heterocycles. The van der Waals surface area contributed by atoms with Gasteiger partial charge in [-0.2, -0.15) is 8.42 Å². The van der Waals surface area contributed by atoms with Crippen molar-refractivity contribution < 1.29 is 22.5 Å². The predicted octanol–water partition coefficient (Wildman–Crippen LogP) is 2.89. The van der Waals surface area contributed by atoms with Crippen molar-refractivity contribution in [3.63, 3.8) is 0 Å². The van der Waals surface area contributed by atoms with Crippen LogP contribution < -0.4 is 14.3 Å². The van der Waals surface area contributed by atoms with E-state index in [1.165, 1.54) is 11.1 Å². The van der Waals surface area contributed by atoms with E-state index in [4.69, 9.17) is 9.26 Å². The van der Waals surface area contributed by atoms with Gasteiger partial charge in [-0.05, 0) is 80.0 Å². The van der Waals surface area contributed by atoms with Gasteiger partial charge in [-0.15, -0.1) is 0 Å². The molecule has 0 saturated carbocycles. The van der Waals surface area contributed by atoms with Gasteiger partial charge in [0.05, 0.1) is 11.7 Å². The number of ether oxygens (including phenoxy) is 1. The molecule has 1 saturated heterocycles. The Kier molecular flexibility index (Phi) is 7.93. The summed E-state index contributed by atoms with van der Waals surface area (Å²) in [5, 5.41) is 6.85. The molecule has 0 atom stereocenters. The number of nitrogens with zero attached hydrogens (tertiary/aromatic N) is 2. The van der Waals surface area contributed by atoms with Gasteiger partial charge in [-0.1, -0.05) is 18.1 Å². The van der Waals surface area contributed by atoms with Crippen molar-refractivity contribution in [3.8, 4) is 0 Å². The molecule has 3 aliphatic rings. The Hall–Kier alpha value is -1.59. The molecule has 2 heterocycles. The molecule has 1 fully saturated rings. The zero-order valence-electron chi connectivity index (χ0n) is 19.9. The second-order valence-electron chi connectivity index (χ2n) is 8.94. The Morgan fingerprint density at radius 3 is 2.32 bits per heavy atom. The molecule has 34 heavy (non-hydrogen) atoms. The number of nitrogens with one attached hydrogen (secondary N) is 2. The van der Waals surface area contributed by atoms with E-state index in [0.717, 1.165) is 59.6 Å². The molecule has 1 aromatic carbocycles. The number of anilines is 2. The standard InChI is InChI=1S/C23H30N4O5S.Na/c1-2-17-14-21(32-25-17)27(18-9-11-31-12-10-18)33(29,30)26-23(28)24-22-19-7-3-5-15(19)13-16-6-4-8-20(16)22;/h13-14,18H,2-12H2,1H3,(H2,24,26,28);. The summed E-state index contributed by atoms with van der Waals surface area (Å²) in [5.41, 5.74) is 6.28. The molecule has 0 unspecified atom stereocenters. The summed E-state index contributed by atoms with van der Waals surface area (Å²) < 4.78 is 41.0. The van der Waals surface area contributed by atoms with Gasteiger partial charge in [-0.25, -0.2) is 13.8 Å². The van der Waals surface area contributed by atoms with Crippen LogP contribution in [0.15, 0.2) is 16.7 Å². The molecule has 1 aliphatic heterocycles. The number of benzene rings is 1. The van der Waals surface area contributed by atoms with Crippen LogP contribution in [0, 0.1) is 0 Å². The Morgan fingerprint density at radius 1 is 1.09 bits per heavy atom. The Balaban J connectivity index is 0.00000274. The van der Waals surface area contributed by atoms with Crippen LogP contribution in [-0.4, -0.2) is 68.4 Å². The largest absolute Gasteiger partial charge is 0.381 e. The molecular formula is C23H30N4NaO5S. The average molecular weight is 498 g/mol. The van der Waals surface area contributed by atoms with Crippen molar-refractivity contribution in [2.75, 3.05) is 22.8 Å². The zero-order valence-corrected chi connectivity index (χ0v) is 22.7. The fourth-order valence-electron chi connectivity index (χ4n) is 5.26. The molecule has 2 aliphatic carbocycles. The second-order valence-corrected chi connectivity index (χ2v) is 10.5. The van der Waals surface area contributed by atoms with E-state index < -0.39 is 16.2 Å². The maximum absolute atomic E-state index is 13.4. The van der Waals surface area contributed by atoms with Crippen LogP contribution in [0.5, 0.6) is 0 Å². The summed E-state index contributed by atoms with van der Waals surface area (Å²) in [5.74, 6) is 0.112. The maximum Gasteiger partial charge on any atom is 0.334 e. The van der Waals surface area contributed by atoms with E-state index in [2.05, 4.69) is 21.3 Å². The SMILES string of the molecule is CCc1cc(N(C2CCOCC2)S(=O)(=O)NC(=O)Nc2c3c(cc4c2CCC4)CCC3)on1.[Na]. The van der Waals surface area contributed by atoms with Crippen LogP contribution >= 0.6 is 0 Å². The number of hydrogen-bond acceptors (Lipinski definition) is 6. The molecule has 9 nitrogen and oxygen atoms in total. The third-order valence-corrected chi connectivity index (χ3v) is 8.28. The number of carbonyl (C=O) groups is 1. The van der Waals surface area contributed by atoms with Crippen LogP contribution in [0.1, 0.15) is 60.6 Å². The molecule has 2 amide bonds. The number of carbonyl (C=O) groups excluding carboxylic acids is 1. The quantitative estimate of drug-likeness (QED) is 0.594. The summed E-state index contributed by atoms with van der Waals surface area (Å²) in [4.78, 5) is 13.0. The number of hydrogen-bond donors (Lipinski definition) is 2. The summed E-state index contributed by atoms with van der Waals surface area (Å²) in [6, 6.07) is 2.75. The van der Waals surface area contributed by atoms with Crippen LogP contribution in [-0.2, 0) is 47.1 Å². The Labute approximate surface area is 222 Å². The maximum atomic E-state index is 13.4. The monoisotopic (exact) mass is 497 g/mol. The van der Waals surface area contributed by atoms with E-state index in [-0.39, 0.29) is 41.5 Å². The summed E-state index contributed by atoms with van der Waals surface area (Å²) >= 11 is 0. The van der Waals surface area contributed by atoms with Gasteiger partial charge >= 0.3 is 16.2 Å². The molecule has 11 heteroatoms. The van der Waals surface area contributed by atoms with E-state index in [1.54, 1.807) is 6.07 Å². The molecule has 0 spiro atoms. The van der Waals surface area contributed by atoms with Crippen molar-refractivity contribution in [2.45, 2.75) is 70.8 Å². The first-order valence-corrected chi connectivity index (χ1v) is 13.2. The first-order chi connectivity index (χ1) is 16.0. The molecule has 2 N–H and O–H groups in total. The topological polar surface area (TPSA) is 114 Å². The van der Waals surface area contributed by atoms with Crippen LogP contribution in [0.3, 0.4) is 0 Å². The summed E-state index contributed by atoms with van der Waals surface area (Å²) in [7, 11) is -4.24. The number of rotatable bonds is 6. The van der Waals surface area contributed by atoms with E-state index in [9.17, 15) is 13.2 Å². The van der Waals surface area contributed by atoms with Gasteiger partial charge in [0, 0.05) is 54.5 Å². The molecule has 179 valence electrons. The van der Waals surface area contributed by atoms with Gasteiger partial charge in [-0.3, -0.25) is 0 Å². The number of aryl methyl sites for hydroxylation is 3. The zero-order chi connectivity index (χ0) is 23.0. The summed E-state index contributed by atoms with van der Waals surface area (Å²) in [6.07, 6.45) is 7.53. The molecule has 5 rings (SSSR count). The van der Waals surface area contributed by atoms with Crippen molar-refractivity contribution in [1.82, 2.24) is 9.88 Å². The third kappa shape index (κ3) is 5.02. The molecular weight excluding hydrogens is 467 g/mol. The van der Waals surface area contributed by atoms with Crippen LogP contribution in [0.4, 0.5) is 16.4 Å². The number of aromatic nitrogens is 1. The van der Waals surface area contributed by atoms with Crippen LogP contribution in [0.2, 0.25) is 0 Å². The average Bonchev–Trinajstić information content (AvgIpc) is 3.54. The normalized spacial score (nSPS) is 17.6. The summed E-state index contributed by atoms with van der Waals surface area (Å²) in [6.45, 7) is 2.80. The van der Waals surface area contributed by atoms with E-state index in [0.29, 0.717) is 38.2 Å². The van der Waals surface area contributed by atoms with Gasteiger partial charge < -0.3 is 14.6 Å². The van der Waals surface area contributed by atoms with Crippen molar-refractivity contribution in [2.24, 2.45) is 0 Å². The minimum atomic E-state index is -4.24. The Bertz CT molecular complexity index is 1130. The number of amides is 2. The van der Waals surface area contributed by atoms with E-state index in [1.807, 2.05) is 6.92 Å². The minimum absolute atomic E-state index is 0. The molecule has 1 radical (unpaired) electrons. The van der Waals surface area contributed by atoms with Gasteiger partial charge in [0.2, 0.25) is 5.88 Å². The molecule has 0 bridgehead atoms. The first-order valence-electron chi connectivity index (χ1n) is 11.8. The van der Waals surface area contributed by atoms with Gasteiger partial charge in [0.15, 0.2) is 0 Å². The Morgan fingerprint density at radius 2 is 1.74 bits per heavy atom. The fourth-order valence-corrected chi connectivity index (χ4v) is 6.57. The fraction of sp³-hybridized carbons (Fsp3) is 0.565. The van der Waals surface area contributed by atoms with Gasteiger partial charge in [0.1, 0.15) is 0 Å². The predicted molar refractivity (Wildman–Crippen MR) is 130 cm³/mol. The number of fused-ring (bicyclic) bond motifs is 2. The smallest absolute Gasteiger partial charge is 0.334 e. The third-order valence-electron chi connectivity index (χ3n) is 6.84. The minimum Gasteiger partial charge on any atom is -0.381 e. The second kappa shape index (κ2) is 10.6. The molecule has 2 aromatic rings. The van der Waals surface area contributed by atoms with Gasteiger partial charge in [0.25, 0.3) is 0 Å². The first kappa shape index (κ1) is 25.5. The van der Waals surface area contributed by atoms with Crippen molar-refractivity contribution in [3.05, 3.63) is 40.1 Å². The van der Waals surface area contributed by atoms with Crippen molar-refractivity contribution >= 4 is 57.4 Å². The van der Waals surface area contributed by atoms with Crippen LogP contribution in [0.25, 0.3) is 0 Å². The number of urea groups is 1. The van der Waals surface area contributed by atoms with E-state index >= 15 is 0 Å².